The lowest BCUT2D eigenvalue weighted by Gasteiger charge is -2.04. The summed E-state index contributed by atoms with van der Waals surface area (Å²) < 4.78 is 1.68. The largest absolute Gasteiger partial charge is 0.506 e. The van der Waals surface area contributed by atoms with Crippen molar-refractivity contribution in [2.75, 3.05) is 0 Å². The van der Waals surface area contributed by atoms with E-state index in [1.807, 2.05) is 32.0 Å². The van der Waals surface area contributed by atoms with Crippen LogP contribution in [0.1, 0.15) is 11.1 Å². The van der Waals surface area contributed by atoms with Crippen molar-refractivity contribution in [1.29, 1.82) is 0 Å². The van der Waals surface area contributed by atoms with Crippen LogP contribution in [0, 0.1) is 13.8 Å². The van der Waals surface area contributed by atoms with Crippen LogP contribution in [-0.4, -0.2) is 19.6 Å². The number of fused-ring (bicyclic) bond motifs is 1. The maximum absolute atomic E-state index is 10.2. The van der Waals surface area contributed by atoms with Crippen molar-refractivity contribution >= 4 is 17.2 Å². The number of aromatic nitrogens is 2. The number of rotatable bonds is 3. The second kappa shape index (κ2) is 6.57. The van der Waals surface area contributed by atoms with Crippen LogP contribution in [0.25, 0.3) is 16.9 Å². The zero-order chi connectivity index (χ0) is 19.0. The third-order valence-corrected chi connectivity index (χ3v) is 4.52. The van der Waals surface area contributed by atoms with Crippen LogP contribution in [0.5, 0.6) is 11.5 Å². The van der Waals surface area contributed by atoms with Gasteiger partial charge >= 0.3 is 0 Å². The van der Waals surface area contributed by atoms with Crippen molar-refractivity contribution in [2.45, 2.75) is 13.8 Å². The van der Waals surface area contributed by atoms with Crippen molar-refractivity contribution in [2.24, 2.45) is 10.2 Å². The van der Waals surface area contributed by atoms with E-state index in [0.717, 1.165) is 11.1 Å². The lowest BCUT2D eigenvalue weighted by molar-refractivity contribution is 0.476. The number of pyridine rings is 1. The fourth-order valence-corrected chi connectivity index (χ4v) is 2.87. The molecular weight excluding hydrogens is 340 g/mol. The average molecular weight is 358 g/mol. The van der Waals surface area contributed by atoms with Crippen LogP contribution in [-0.2, 0) is 0 Å². The van der Waals surface area contributed by atoms with Crippen molar-refractivity contribution in [3.63, 3.8) is 0 Å². The highest BCUT2D eigenvalue weighted by Crippen LogP contribution is 2.36. The molecule has 6 nitrogen and oxygen atoms in total. The molecular formula is C21H18N4O2. The van der Waals surface area contributed by atoms with Gasteiger partial charge in [-0.15, -0.1) is 10.2 Å². The molecule has 0 aliphatic heterocycles. The predicted molar refractivity (Wildman–Crippen MR) is 104 cm³/mol. The molecule has 0 amide bonds. The normalized spacial score (nSPS) is 11.5. The Bertz CT molecular complexity index is 1180. The third kappa shape index (κ3) is 3.01. The lowest BCUT2D eigenvalue weighted by Crippen LogP contribution is -1.84. The molecule has 2 aromatic heterocycles. The Kier molecular flexibility index (Phi) is 4.08. The summed E-state index contributed by atoms with van der Waals surface area (Å²) in [6.45, 7) is 4.09. The van der Waals surface area contributed by atoms with E-state index in [-0.39, 0.29) is 11.5 Å². The highest BCUT2D eigenvalue weighted by Gasteiger charge is 2.16. The third-order valence-electron chi connectivity index (χ3n) is 4.52. The number of azo groups is 1. The van der Waals surface area contributed by atoms with Gasteiger partial charge in [-0.1, -0.05) is 24.3 Å². The van der Waals surface area contributed by atoms with Crippen LogP contribution in [0.15, 0.2) is 71.0 Å². The van der Waals surface area contributed by atoms with Crippen molar-refractivity contribution < 1.29 is 10.2 Å². The Balaban J connectivity index is 1.93. The topological polar surface area (TPSA) is 82.5 Å². The van der Waals surface area contributed by atoms with E-state index >= 15 is 0 Å². The average Bonchev–Trinajstić information content (AvgIpc) is 3.03. The molecule has 0 aliphatic rings. The molecule has 4 rings (SSSR count). The summed E-state index contributed by atoms with van der Waals surface area (Å²) in [5.41, 5.74) is 4.57. The SMILES string of the molecule is Cc1ccc(-c2nc3c(O)cccn3c2N=Nc2ccccc2O)cc1C. The Morgan fingerprint density at radius 3 is 2.41 bits per heavy atom. The molecule has 0 unspecified atom stereocenters. The zero-order valence-corrected chi connectivity index (χ0v) is 15.0. The number of hydrogen-bond donors (Lipinski definition) is 2. The summed E-state index contributed by atoms with van der Waals surface area (Å²) >= 11 is 0. The van der Waals surface area contributed by atoms with Gasteiger partial charge in [0.05, 0.1) is 0 Å². The number of para-hydroxylation sites is 1. The molecule has 27 heavy (non-hydrogen) atoms. The summed E-state index contributed by atoms with van der Waals surface area (Å²) in [6.07, 6.45) is 1.77. The molecule has 0 radical (unpaired) electrons. The zero-order valence-electron chi connectivity index (χ0n) is 15.0. The summed E-state index contributed by atoms with van der Waals surface area (Å²) in [5, 5.41) is 28.7. The Morgan fingerprint density at radius 1 is 0.852 bits per heavy atom. The summed E-state index contributed by atoms with van der Waals surface area (Å²) in [5.74, 6) is 0.588. The monoisotopic (exact) mass is 358 g/mol. The second-order valence-electron chi connectivity index (χ2n) is 6.36. The van der Waals surface area contributed by atoms with E-state index < -0.39 is 0 Å². The molecule has 6 heteroatoms. The van der Waals surface area contributed by atoms with Gasteiger partial charge in [-0.2, -0.15) is 0 Å². The van der Waals surface area contributed by atoms with Gasteiger partial charge < -0.3 is 10.2 Å². The molecule has 2 heterocycles. The first kappa shape index (κ1) is 16.8. The first-order valence-corrected chi connectivity index (χ1v) is 8.52. The number of benzene rings is 2. The smallest absolute Gasteiger partial charge is 0.187 e. The van der Waals surface area contributed by atoms with Crippen LogP contribution < -0.4 is 0 Å². The van der Waals surface area contributed by atoms with Gasteiger partial charge in [0.2, 0.25) is 0 Å². The molecule has 0 bridgehead atoms. The van der Waals surface area contributed by atoms with E-state index in [2.05, 4.69) is 15.2 Å². The molecule has 134 valence electrons. The summed E-state index contributed by atoms with van der Waals surface area (Å²) in [7, 11) is 0. The van der Waals surface area contributed by atoms with Gasteiger partial charge in [-0.3, -0.25) is 4.40 Å². The van der Waals surface area contributed by atoms with Gasteiger partial charge in [0.25, 0.3) is 0 Å². The number of imidazole rings is 1. The van der Waals surface area contributed by atoms with Crippen molar-refractivity contribution in [1.82, 2.24) is 9.38 Å². The van der Waals surface area contributed by atoms with Crippen LogP contribution >= 0.6 is 0 Å². The van der Waals surface area contributed by atoms with Gasteiger partial charge in [0, 0.05) is 11.8 Å². The van der Waals surface area contributed by atoms with Gasteiger partial charge in [-0.25, -0.2) is 4.98 Å². The molecule has 2 N–H and O–H groups in total. The maximum atomic E-state index is 10.2. The minimum absolute atomic E-state index is 0.0469. The number of hydrogen-bond acceptors (Lipinski definition) is 5. The van der Waals surface area contributed by atoms with E-state index in [4.69, 9.17) is 0 Å². The van der Waals surface area contributed by atoms with Crippen LogP contribution in [0.2, 0.25) is 0 Å². The number of phenolic OH excluding ortho intramolecular Hbond substituents is 1. The number of phenols is 1. The molecule has 4 aromatic rings. The molecule has 2 aromatic carbocycles. The van der Waals surface area contributed by atoms with E-state index in [1.54, 1.807) is 47.0 Å². The predicted octanol–water partition coefficient (Wildman–Crippen LogP) is 5.44. The first-order valence-electron chi connectivity index (χ1n) is 8.52. The standard InChI is InChI=1S/C21H18N4O2/c1-13-9-10-15(12-14(13)2)19-21(24-23-16-6-3-4-7-17(16)26)25-11-5-8-18(27)20(25)22-19/h3-12,26-27H,1-2H3. The second-order valence-corrected chi connectivity index (χ2v) is 6.36. The van der Waals surface area contributed by atoms with Gasteiger partial charge in [0.15, 0.2) is 17.2 Å². The van der Waals surface area contributed by atoms with E-state index in [0.29, 0.717) is 22.8 Å². The highest BCUT2D eigenvalue weighted by molar-refractivity contribution is 5.77. The Labute approximate surface area is 156 Å². The summed E-state index contributed by atoms with van der Waals surface area (Å²) in [4.78, 5) is 4.58. The van der Waals surface area contributed by atoms with Gasteiger partial charge in [-0.05, 0) is 55.3 Å². The fourth-order valence-electron chi connectivity index (χ4n) is 2.87. The molecule has 0 saturated carbocycles. The quantitative estimate of drug-likeness (QED) is 0.478. The molecule has 0 fully saturated rings. The highest BCUT2D eigenvalue weighted by atomic mass is 16.3. The molecule has 0 spiro atoms. The minimum atomic E-state index is 0.0469. The van der Waals surface area contributed by atoms with E-state index in [1.165, 1.54) is 5.56 Å². The molecule has 0 aliphatic carbocycles. The minimum Gasteiger partial charge on any atom is -0.506 e. The van der Waals surface area contributed by atoms with E-state index in [9.17, 15) is 10.2 Å². The van der Waals surface area contributed by atoms with Crippen molar-refractivity contribution in [3.8, 4) is 22.8 Å². The Morgan fingerprint density at radius 2 is 1.63 bits per heavy atom. The molecule has 0 saturated heterocycles. The number of aromatic hydroxyl groups is 2. The number of aryl methyl sites for hydroxylation is 2. The lowest BCUT2D eigenvalue weighted by atomic mass is 10.0. The summed E-state index contributed by atoms with van der Waals surface area (Å²) in [6, 6.07) is 16.1. The number of nitrogens with zero attached hydrogens (tertiary/aromatic N) is 4. The fraction of sp³-hybridized carbons (Fsp3) is 0.0952. The van der Waals surface area contributed by atoms with Crippen LogP contribution in [0.3, 0.4) is 0 Å². The molecule has 0 atom stereocenters. The van der Waals surface area contributed by atoms with Crippen molar-refractivity contribution in [3.05, 3.63) is 71.9 Å². The first-order chi connectivity index (χ1) is 13.0. The van der Waals surface area contributed by atoms with Crippen LogP contribution in [0.4, 0.5) is 11.5 Å². The Hall–Kier alpha value is -3.67. The van der Waals surface area contributed by atoms with Gasteiger partial charge in [0.1, 0.15) is 17.1 Å². The maximum Gasteiger partial charge on any atom is 0.187 e.